The summed E-state index contributed by atoms with van der Waals surface area (Å²) in [7, 11) is 0. The first-order valence-electron chi connectivity index (χ1n) is 9.33. The molecule has 4 rings (SSSR count). The van der Waals surface area contributed by atoms with Crippen molar-refractivity contribution < 1.29 is 9.59 Å². The van der Waals surface area contributed by atoms with Crippen molar-refractivity contribution in [3.05, 3.63) is 64.9 Å². The van der Waals surface area contributed by atoms with Gasteiger partial charge < -0.3 is 14.8 Å². The van der Waals surface area contributed by atoms with Crippen LogP contribution in [0.4, 0.5) is 5.69 Å². The summed E-state index contributed by atoms with van der Waals surface area (Å²) in [5, 5.41) is 6.90. The number of rotatable bonds is 5. The summed E-state index contributed by atoms with van der Waals surface area (Å²) >= 11 is 1.58. The van der Waals surface area contributed by atoms with Crippen LogP contribution in [-0.4, -0.2) is 38.9 Å². The lowest BCUT2D eigenvalue weighted by Crippen LogP contribution is -2.43. The number of aromatic nitrogens is 2. The highest BCUT2D eigenvalue weighted by molar-refractivity contribution is 7.08. The molecule has 0 bridgehead atoms. The first kappa shape index (κ1) is 18.4. The zero-order valence-electron chi connectivity index (χ0n) is 15.7. The lowest BCUT2D eigenvalue weighted by Gasteiger charge is -2.24. The molecule has 1 fully saturated rings. The van der Waals surface area contributed by atoms with E-state index in [1.807, 2.05) is 58.8 Å². The number of anilines is 1. The molecule has 3 aromatic rings. The minimum atomic E-state index is -0.401. The van der Waals surface area contributed by atoms with Gasteiger partial charge in [-0.25, -0.2) is 4.98 Å². The number of carbonyl (C=O) groups excluding carboxylic acids is 2. The van der Waals surface area contributed by atoms with Crippen molar-refractivity contribution in [2.24, 2.45) is 0 Å². The summed E-state index contributed by atoms with van der Waals surface area (Å²) in [6.45, 7) is 2.58. The minimum Gasteiger partial charge on any atom is -0.330 e. The second-order valence-corrected chi connectivity index (χ2v) is 7.71. The van der Waals surface area contributed by atoms with Crippen molar-refractivity contribution in [1.29, 1.82) is 0 Å². The van der Waals surface area contributed by atoms with Crippen molar-refractivity contribution in [2.45, 2.75) is 32.2 Å². The third-order valence-corrected chi connectivity index (χ3v) is 5.78. The third kappa shape index (κ3) is 3.84. The molecule has 3 heterocycles. The molecule has 2 amide bonds. The second-order valence-electron chi connectivity index (χ2n) is 6.93. The van der Waals surface area contributed by atoms with Crippen LogP contribution in [0.15, 0.2) is 53.5 Å². The Morgan fingerprint density at radius 1 is 1.25 bits per heavy atom. The monoisotopic (exact) mass is 394 g/mol. The van der Waals surface area contributed by atoms with Gasteiger partial charge in [-0.15, -0.1) is 0 Å². The Bertz CT molecular complexity index is 963. The van der Waals surface area contributed by atoms with E-state index < -0.39 is 6.04 Å². The normalized spacial score (nSPS) is 16.3. The largest absolute Gasteiger partial charge is 0.330 e. The Hall–Kier alpha value is -2.93. The van der Waals surface area contributed by atoms with Crippen LogP contribution in [0.2, 0.25) is 0 Å². The number of thiophene rings is 1. The average Bonchev–Trinajstić information content (AvgIpc) is 3.44. The number of carbonyl (C=O) groups is 2. The van der Waals surface area contributed by atoms with Crippen molar-refractivity contribution in [3.63, 3.8) is 0 Å². The van der Waals surface area contributed by atoms with Crippen molar-refractivity contribution in [2.75, 3.05) is 11.9 Å². The van der Waals surface area contributed by atoms with Gasteiger partial charge >= 0.3 is 0 Å². The molecule has 1 N–H and O–H groups in total. The lowest BCUT2D eigenvalue weighted by atomic mass is 10.1. The molecular weight excluding hydrogens is 372 g/mol. The molecule has 0 saturated carbocycles. The molecular formula is C21H22N4O2S. The predicted octanol–water partition coefficient (Wildman–Crippen LogP) is 3.41. The van der Waals surface area contributed by atoms with Gasteiger partial charge in [0.1, 0.15) is 11.9 Å². The van der Waals surface area contributed by atoms with E-state index >= 15 is 0 Å². The van der Waals surface area contributed by atoms with Gasteiger partial charge in [-0.1, -0.05) is 0 Å². The summed E-state index contributed by atoms with van der Waals surface area (Å²) in [5.74, 6) is 0.798. The molecule has 7 heteroatoms. The number of hydrogen-bond donors (Lipinski definition) is 1. The lowest BCUT2D eigenvalue weighted by molar-refractivity contribution is -0.136. The van der Waals surface area contributed by atoms with Crippen LogP contribution >= 0.6 is 11.3 Å². The number of nitrogens with one attached hydrogen (secondary N) is 1. The van der Waals surface area contributed by atoms with E-state index in [4.69, 9.17) is 0 Å². The third-order valence-electron chi connectivity index (χ3n) is 5.05. The fraction of sp³-hybridized carbons (Fsp3) is 0.286. The van der Waals surface area contributed by atoms with Crippen molar-refractivity contribution in [1.82, 2.24) is 14.5 Å². The molecule has 1 aromatic carbocycles. The molecule has 0 spiro atoms. The zero-order valence-corrected chi connectivity index (χ0v) is 16.5. The fourth-order valence-electron chi connectivity index (χ4n) is 3.59. The van der Waals surface area contributed by atoms with Crippen LogP contribution in [0.1, 0.15) is 24.2 Å². The Morgan fingerprint density at radius 3 is 2.75 bits per heavy atom. The molecule has 144 valence electrons. The SMILES string of the molecule is Cc1nccn1-c1ccc(NC(=O)C2CCCN2C(=O)Cc2ccsc2)cc1. The smallest absolute Gasteiger partial charge is 0.247 e. The molecule has 1 atom stereocenters. The first-order valence-corrected chi connectivity index (χ1v) is 10.3. The quantitative estimate of drug-likeness (QED) is 0.721. The maximum absolute atomic E-state index is 12.8. The molecule has 0 aliphatic carbocycles. The molecule has 1 saturated heterocycles. The van der Waals surface area contributed by atoms with Gasteiger partial charge in [-0.05, 0) is 66.4 Å². The van der Waals surface area contributed by atoms with Crippen LogP contribution in [0, 0.1) is 6.92 Å². The molecule has 28 heavy (non-hydrogen) atoms. The molecule has 1 unspecified atom stereocenters. The van der Waals surface area contributed by atoms with Gasteiger partial charge in [0.15, 0.2) is 0 Å². The highest BCUT2D eigenvalue weighted by Gasteiger charge is 2.33. The molecule has 2 aromatic heterocycles. The summed E-state index contributed by atoms with van der Waals surface area (Å²) in [6, 6.07) is 9.19. The second kappa shape index (κ2) is 7.98. The van der Waals surface area contributed by atoms with E-state index in [2.05, 4.69) is 10.3 Å². The van der Waals surface area contributed by atoms with E-state index in [1.54, 1.807) is 22.4 Å². The zero-order chi connectivity index (χ0) is 19.5. The maximum Gasteiger partial charge on any atom is 0.247 e. The Kier molecular flexibility index (Phi) is 5.25. The van der Waals surface area contributed by atoms with Gasteiger partial charge in [0, 0.05) is 30.3 Å². The van der Waals surface area contributed by atoms with Gasteiger partial charge in [-0.3, -0.25) is 9.59 Å². The number of imidazole rings is 1. The predicted molar refractivity (Wildman–Crippen MR) is 110 cm³/mol. The van der Waals surface area contributed by atoms with Crippen LogP contribution in [0.25, 0.3) is 5.69 Å². The van der Waals surface area contributed by atoms with Crippen molar-refractivity contribution in [3.8, 4) is 5.69 Å². The minimum absolute atomic E-state index is 0.0157. The Labute approximate surface area is 167 Å². The standard InChI is InChI=1S/C21H22N4O2S/c1-15-22-9-11-24(15)18-6-4-17(5-7-18)23-21(27)19-3-2-10-25(19)20(26)13-16-8-12-28-14-16/h4-9,11-12,14,19H,2-3,10,13H2,1H3,(H,23,27). The van der Waals surface area contributed by atoms with Crippen LogP contribution < -0.4 is 5.32 Å². The summed E-state index contributed by atoms with van der Waals surface area (Å²) in [5.41, 5.74) is 2.72. The number of nitrogens with zero attached hydrogens (tertiary/aromatic N) is 3. The number of aryl methyl sites for hydroxylation is 1. The first-order chi connectivity index (χ1) is 13.6. The fourth-order valence-corrected chi connectivity index (χ4v) is 4.26. The summed E-state index contributed by atoms with van der Waals surface area (Å²) in [6.07, 6.45) is 5.57. The number of benzene rings is 1. The molecule has 0 radical (unpaired) electrons. The van der Waals surface area contributed by atoms with Gasteiger partial charge in [0.2, 0.25) is 11.8 Å². The van der Waals surface area contributed by atoms with Crippen LogP contribution in [-0.2, 0) is 16.0 Å². The maximum atomic E-state index is 12.8. The van der Waals surface area contributed by atoms with Gasteiger partial charge in [0.05, 0.1) is 6.42 Å². The Balaban J connectivity index is 1.41. The van der Waals surface area contributed by atoms with E-state index in [0.717, 1.165) is 29.2 Å². The van der Waals surface area contributed by atoms with E-state index in [0.29, 0.717) is 19.4 Å². The van der Waals surface area contributed by atoms with Gasteiger partial charge in [-0.2, -0.15) is 11.3 Å². The van der Waals surface area contributed by atoms with Crippen LogP contribution in [0.3, 0.4) is 0 Å². The number of likely N-dealkylation sites (tertiary alicyclic amines) is 1. The van der Waals surface area contributed by atoms with Crippen LogP contribution in [0.5, 0.6) is 0 Å². The summed E-state index contributed by atoms with van der Waals surface area (Å²) in [4.78, 5) is 31.4. The topological polar surface area (TPSA) is 67.2 Å². The highest BCUT2D eigenvalue weighted by atomic mass is 32.1. The van der Waals surface area contributed by atoms with E-state index in [1.165, 1.54) is 0 Å². The highest BCUT2D eigenvalue weighted by Crippen LogP contribution is 2.22. The molecule has 1 aliphatic heterocycles. The molecule has 6 nitrogen and oxygen atoms in total. The summed E-state index contributed by atoms with van der Waals surface area (Å²) < 4.78 is 1.98. The van der Waals surface area contributed by atoms with Gasteiger partial charge in [0.25, 0.3) is 0 Å². The van der Waals surface area contributed by atoms with Crippen molar-refractivity contribution >= 4 is 28.8 Å². The molecule has 1 aliphatic rings. The number of amides is 2. The Morgan fingerprint density at radius 2 is 2.07 bits per heavy atom. The van der Waals surface area contributed by atoms with E-state index in [9.17, 15) is 9.59 Å². The number of hydrogen-bond acceptors (Lipinski definition) is 4. The van der Waals surface area contributed by atoms with E-state index in [-0.39, 0.29) is 11.8 Å². The average molecular weight is 395 g/mol.